The molecule has 1 aliphatic rings. The molecule has 5 nitrogen and oxygen atoms in total. The number of nitrogen functional groups attached to an aromatic ring is 1. The Morgan fingerprint density at radius 2 is 2.16 bits per heavy atom. The molecule has 0 radical (unpaired) electrons. The highest BCUT2D eigenvalue weighted by atomic mass is 35.5. The lowest BCUT2D eigenvalue weighted by molar-refractivity contribution is 0.0629. The molecule has 0 bridgehead atoms. The van der Waals surface area contributed by atoms with Crippen LogP contribution in [0, 0.1) is 5.92 Å². The number of anilines is 1. The van der Waals surface area contributed by atoms with Gasteiger partial charge in [0.05, 0.1) is 11.8 Å². The maximum atomic E-state index is 12.5. The smallest absolute Gasteiger partial charge is 0.245 e. The van der Waals surface area contributed by atoms with Crippen molar-refractivity contribution in [3.63, 3.8) is 0 Å². The first-order valence-corrected chi connectivity index (χ1v) is 7.87. The van der Waals surface area contributed by atoms with Crippen molar-refractivity contribution in [3.05, 3.63) is 23.2 Å². The van der Waals surface area contributed by atoms with Gasteiger partial charge in [-0.15, -0.1) is 0 Å². The van der Waals surface area contributed by atoms with E-state index in [9.17, 15) is 13.5 Å². The van der Waals surface area contributed by atoms with Gasteiger partial charge in [-0.1, -0.05) is 18.5 Å². The maximum Gasteiger partial charge on any atom is 0.245 e. The van der Waals surface area contributed by atoms with E-state index < -0.39 is 16.1 Å². The van der Waals surface area contributed by atoms with Crippen molar-refractivity contribution in [2.75, 3.05) is 18.8 Å². The highest BCUT2D eigenvalue weighted by Crippen LogP contribution is 2.28. The number of nitrogens with two attached hydrogens (primary N) is 1. The molecule has 3 N–H and O–H groups in total. The number of benzene rings is 1. The number of hydrogen-bond acceptors (Lipinski definition) is 4. The topological polar surface area (TPSA) is 83.6 Å². The van der Waals surface area contributed by atoms with Crippen LogP contribution in [0.25, 0.3) is 0 Å². The van der Waals surface area contributed by atoms with Gasteiger partial charge in [0.15, 0.2) is 0 Å². The van der Waals surface area contributed by atoms with E-state index in [0.29, 0.717) is 24.5 Å². The Balaban J connectivity index is 2.32. The summed E-state index contributed by atoms with van der Waals surface area (Å²) in [5.41, 5.74) is 5.88. The SMILES string of the molecule is CC1CN(S(=O)(=O)c2ccc(Cl)cc2N)CCC1O. The van der Waals surface area contributed by atoms with Crippen molar-refractivity contribution in [3.8, 4) is 0 Å². The molecule has 0 aliphatic carbocycles. The summed E-state index contributed by atoms with van der Waals surface area (Å²) in [6, 6.07) is 4.35. The molecule has 2 atom stereocenters. The summed E-state index contributed by atoms with van der Waals surface area (Å²) in [7, 11) is -3.63. The third-order valence-electron chi connectivity index (χ3n) is 3.41. The van der Waals surface area contributed by atoms with Crippen molar-refractivity contribution in [2.24, 2.45) is 5.92 Å². The quantitative estimate of drug-likeness (QED) is 0.807. The Bertz CT molecular complexity index is 576. The number of aliphatic hydroxyl groups is 1. The van der Waals surface area contributed by atoms with Crippen molar-refractivity contribution in [1.29, 1.82) is 0 Å². The molecule has 1 fully saturated rings. The number of hydrogen-bond donors (Lipinski definition) is 2. The van der Waals surface area contributed by atoms with E-state index in [2.05, 4.69) is 0 Å². The fourth-order valence-corrected chi connectivity index (χ4v) is 4.04. The molecule has 1 aromatic carbocycles. The van der Waals surface area contributed by atoms with E-state index in [-0.39, 0.29) is 16.5 Å². The molecule has 0 amide bonds. The molecule has 0 aromatic heterocycles. The van der Waals surface area contributed by atoms with Crippen LogP contribution >= 0.6 is 11.6 Å². The molecule has 19 heavy (non-hydrogen) atoms. The van der Waals surface area contributed by atoms with Crippen molar-refractivity contribution in [1.82, 2.24) is 4.31 Å². The zero-order valence-electron chi connectivity index (χ0n) is 10.6. The molecule has 1 heterocycles. The Morgan fingerprint density at radius 3 is 2.74 bits per heavy atom. The third-order valence-corrected chi connectivity index (χ3v) is 5.59. The Labute approximate surface area is 118 Å². The fraction of sp³-hybridized carbons (Fsp3) is 0.500. The highest BCUT2D eigenvalue weighted by molar-refractivity contribution is 7.89. The summed E-state index contributed by atoms with van der Waals surface area (Å²) in [6.07, 6.45) is -0.0116. The minimum atomic E-state index is -3.63. The van der Waals surface area contributed by atoms with E-state index in [1.165, 1.54) is 22.5 Å². The van der Waals surface area contributed by atoms with Crippen molar-refractivity contribution in [2.45, 2.75) is 24.3 Å². The predicted molar refractivity (Wildman–Crippen MR) is 74.4 cm³/mol. The summed E-state index contributed by atoms with van der Waals surface area (Å²) in [4.78, 5) is 0.0699. The lowest BCUT2D eigenvalue weighted by Gasteiger charge is -2.33. The van der Waals surface area contributed by atoms with Crippen molar-refractivity contribution < 1.29 is 13.5 Å². The number of sulfonamides is 1. The van der Waals surface area contributed by atoms with Crippen LogP contribution < -0.4 is 5.73 Å². The second-order valence-corrected chi connectivity index (χ2v) is 7.22. The van der Waals surface area contributed by atoms with Gasteiger partial charge in [0.1, 0.15) is 4.90 Å². The molecule has 1 aliphatic heterocycles. The molecule has 0 saturated carbocycles. The minimum Gasteiger partial charge on any atom is -0.398 e. The van der Waals surface area contributed by atoms with E-state index in [1.807, 2.05) is 6.92 Å². The molecule has 0 spiro atoms. The van der Waals surface area contributed by atoms with Crippen LogP contribution in [-0.2, 0) is 10.0 Å². The average molecular weight is 305 g/mol. The summed E-state index contributed by atoms with van der Waals surface area (Å²) in [5, 5.41) is 10.1. The van der Waals surface area contributed by atoms with Crippen LogP contribution in [0.4, 0.5) is 5.69 Å². The molecule has 1 saturated heterocycles. The number of rotatable bonds is 2. The third kappa shape index (κ3) is 2.86. The van der Waals surface area contributed by atoms with Gasteiger partial charge in [0.25, 0.3) is 0 Å². The summed E-state index contributed by atoms with van der Waals surface area (Å²) in [5.74, 6) is -0.0861. The Kier molecular flexibility index (Phi) is 4.06. The first-order chi connectivity index (χ1) is 8.82. The van der Waals surface area contributed by atoms with E-state index >= 15 is 0 Å². The number of nitrogens with zero attached hydrogens (tertiary/aromatic N) is 1. The first-order valence-electron chi connectivity index (χ1n) is 6.05. The summed E-state index contributed by atoms with van der Waals surface area (Å²) < 4.78 is 26.4. The molecule has 7 heteroatoms. The normalized spacial score (nSPS) is 25.4. The molecular formula is C12H17ClN2O3S. The minimum absolute atomic E-state index is 0.0699. The number of piperidine rings is 1. The summed E-state index contributed by atoms with van der Waals surface area (Å²) in [6.45, 7) is 2.43. The predicted octanol–water partition coefficient (Wildman–Crippen LogP) is 1.31. The van der Waals surface area contributed by atoms with Gasteiger partial charge in [-0.05, 0) is 30.5 Å². The fourth-order valence-electron chi connectivity index (χ4n) is 2.21. The monoisotopic (exact) mass is 304 g/mol. The number of halogens is 1. The van der Waals surface area contributed by atoms with Gasteiger partial charge in [0, 0.05) is 18.1 Å². The average Bonchev–Trinajstić information content (AvgIpc) is 2.32. The number of aliphatic hydroxyl groups excluding tert-OH is 1. The standard InChI is InChI=1S/C12H17ClN2O3S/c1-8-7-15(5-4-11(8)16)19(17,18)12-3-2-9(13)6-10(12)14/h2-3,6,8,11,16H,4-5,7,14H2,1H3. The zero-order chi connectivity index (χ0) is 14.2. The van der Waals surface area contributed by atoms with E-state index in [1.54, 1.807) is 0 Å². The van der Waals surface area contributed by atoms with Gasteiger partial charge in [-0.3, -0.25) is 0 Å². The van der Waals surface area contributed by atoms with Crippen LogP contribution in [-0.4, -0.2) is 37.0 Å². The van der Waals surface area contributed by atoms with Gasteiger partial charge in [-0.25, -0.2) is 8.42 Å². The van der Waals surface area contributed by atoms with Gasteiger partial charge in [0.2, 0.25) is 10.0 Å². The van der Waals surface area contributed by atoms with Crippen LogP contribution in [0.2, 0.25) is 5.02 Å². The highest BCUT2D eigenvalue weighted by Gasteiger charge is 2.33. The second kappa shape index (κ2) is 5.28. The molecule has 1 aromatic rings. The van der Waals surface area contributed by atoms with Gasteiger partial charge in [-0.2, -0.15) is 4.31 Å². The van der Waals surface area contributed by atoms with Crippen molar-refractivity contribution >= 4 is 27.3 Å². The van der Waals surface area contributed by atoms with Gasteiger partial charge < -0.3 is 10.8 Å². The van der Waals surface area contributed by atoms with Crippen LogP contribution in [0.3, 0.4) is 0 Å². The zero-order valence-corrected chi connectivity index (χ0v) is 12.2. The van der Waals surface area contributed by atoms with Crippen LogP contribution in [0.5, 0.6) is 0 Å². The van der Waals surface area contributed by atoms with Crippen LogP contribution in [0.1, 0.15) is 13.3 Å². The molecule has 2 rings (SSSR count). The molecular weight excluding hydrogens is 288 g/mol. The Hall–Kier alpha value is -0.820. The maximum absolute atomic E-state index is 12.5. The van der Waals surface area contributed by atoms with E-state index in [0.717, 1.165) is 0 Å². The molecule has 106 valence electrons. The van der Waals surface area contributed by atoms with Gasteiger partial charge >= 0.3 is 0 Å². The first kappa shape index (κ1) is 14.6. The largest absolute Gasteiger partial charge is 0.398 e. The van der Waals surface area contributed by atoms with E-state index in [4.69, 9.17) is 17.3 Å². The molecule has 2 unspecified atom stereocenters. The Morgan fingerprint density at radius 1 is 1.47 bits per heavy atom. The second-order valence-electron chi connectivity index (χ2n) is 4.88. The lowest BCUT2D eigenvalue weighted by atomic mass is 9.99. The van der Waals surface area contributed by atoms with Crippen LogP contribution in [0.15, 0.2) is 23.1 Å². The summed E-state index contributed by atoms with van der Waals surface area (Å²) >= 11 is 5.77. The lowest BCUT2D eigenvalue weighted by Crippen LogP contribution is -2.44.